The van der Waals surface area contributed by atoms with Crippen molar-refractivity contribution in [2.45, 2.75) is 18.9 Å². The molecule has 1 aromatic carbocycles. The van der Waals surface area contributed by atoms with Crippen molar-refractivity contribution < 1.29 is 14.1 Å². The Balaban J connectivity index is 2.33. The molecule has 2 N–H and O–H groups in total. The van der Waals surface area contributed by atoms with Crippen molar-refractivity contribution in [1.82, 2.24) is 5.32 Å². The Labute approximate surface area is 110 Å². The maximum atomic E-state index is 13.9. The molecule has 1 atom stereocenters. The number of halogens is 1. The highest BCUT2D eigenvalue weighted by atomic mass is 19.1. The smallest absolute Gasteiger partial charge is 0.313 e. The molecule has 1 aromatic rings. The summed E-state index contributed by atoms with van der Waals surface area (Å²) in [6, 6.07) is 2.21. The van der Waals surface area contributed by atoms with Gasteiger partial charge < -0.3 is 15.4 Å². The number of benzene rings is 1. The maximum Gasteiger partial charge on any atom is 0.313 e. The van der Waals surface area contributed by atoms with Gasteiger partial charge >= 0.3 is 5.69 Å². The van der Waals surface area contributed by atoms with E-state index in [0.29, 0.717) is 6.54 Å². The second kappa shape index (κ2) is 5.00. The van der Waals surface area contributed by atoms with Gasteiger partial charge in [0.15, 0.2) is 11.6 Å². The van der Waals surface area contributed by atoms with Crippen LogP contribution in [-0.4, -0.2) is 30.7 Å². The Morgan fingerprint density at radius 3 is 2.84 bits per heavy atom. The number of nitrogens with one attached hydrogen (secondary N) is 2. The summed E-state index contributed by atoms with van der Waals surface area (Å²) in [5.74, 6) is -0.607. The van der Waals surface area contributed by atoms with Gasteiger partial charge in [-0.05, 0) is 19.9 Å². The lowest BCUT2D eigenvalue weighted by molar-refractivity contribution is -0.385. The molecular formula is C12H16FN3O3. The average Bonchev–Trinajstić information content (AvgIpc) is 2.78. The molecule has 0 radical (unpaired) electrons. The first-order valence-electron chi connectivity index (χ1n) is 5.96. The molecule has 0 aliphatic carbocycles. The van der Waals surface area contributed by atoms with E-state index in [1.807, 2.05) is 6.92 Å². The molecule has 0 bridgehead atoms. The molecule has 6 nitrogen and oxygen atoms in total. The molecule has 7 heteroatoms. The summed E-state index contributed by atoms with van der Waals surface area (Å²) in [7, 11) is 1.32. The molecular weight excluding hydrogens is 253 g/mol. The van der Waals surface area contributed by atoms with E-state index in [0.717, 1.165) is 19.0 Å². The van der Waals surface area contributed by atoms with Crippen LogP contribution >= 0.6 is 0 Å². The van der Waals surface area contributed by atoms with Crippen LogP contribution in [0.2, 0.25) is 0 Å². The quantitative estimate of drug-likeness (QED) is 0.645. The zero-order valence-electron chi connectivity index (χ0n) is 10.8. The van der Waals surface area contributed by atoms with Gasteiger partial charge in [0.05, 0.1) is 23.8 Å². The minimum absolute atomic E-state index is 0.0449. The van der Waals surface area contributed by atoms with Crippen LogP contribution in [0.25, 0.3) is 0 Å². The fraction of sp³-hybridized carbons (Fsp3) is 0.500. The predicted molar refractivity (Wildman–Crippen MR) is 69.1 cm³/mol. The van der Waals surface area contributed by atoms with Gasteiger partial charge in [0.25, 0.3) is 0 Å². The normalized spacial score (nSPS) is 22.3. The number of ether oxygens (including phenoxy) is 1. The highest BCUT2D eigenvalue weighted by Crippen LogP contribution is 2.34. The summed E-state index contributed by atoms with van der Waals surface area (Å²) in [6.07, 6.45) is 0.853. The van der Waals surface area contributed by atoms with Crippen LogP contribution in [0, 0.1) is 15.9 Å². The highest BCUT2D eigenvalue weighted by molar-refractivity contribution is 5.60. The van der Waals surface area contributed by atoms with Crippen LogP contribution in [0.4, 0.5) is 15.8 Å². The first-order chi connectivity index (χ1) is 8.95. The Bertz CT molecular complexity index is 501. The minimum Gasteiger partial charge on any atom is -0.490 e. The minimum atomic E-state index is -0.662. The van der Waals surface area contributed by atoms with Gasteiger partial charge in [0, 0.05) is 18.2 Å². The van der Waals surface area contributed by atoms with Crippen molar-refractivity contribution in [3.8, 4) is 5.75 Å². The monoisotopic (exact) mass is 269 g/mol. The van der Waals surface area contributed by atoms with E-state index in [1.54, 1.807) is 0 Å². The summed E-state index contributed by atoms with van der Waals surface area (Å²) in [4.78, 5) is 10.1. The second-order valence-corrected chi connectivity index (χ2v) is 4.87. The van der Waals surface area contributed by atoms with Crippen LogP contribution in [0.5, 0.6) is 5.75 Å². The third kappa shape index (κ3) is 2.76. The predicted octanol–water partition coefficient (Wildman–Crippen LogP) is 1.91. The lowest BCUT2D eigenvalue weighted by Gasteiger charge is -2.26. The number of hydrogen-bond acceptors (Lipinski definition) is 5. The molecule has 1 aliphatic heterocycles. The molecule has 1 unspecified atom stereocenters. The topological polar surface area (TPSA) is 76.4 Å². The number of hydrogen-bond donors (Lipinski definition) is 2. The van der Waals surface area contributed by atoms with Crippen molar-refractivity contribution in [3.63, 3.8) is 0 Å². The van der Waals surface area contributed by atoms with Crippen molar-refractivity contribution >= 4 is 11.4 Å². The summed E-state index contributed by atoms with van der Waals surface area (Å²) in [6.45, 7) is 3.54. The molecule has 1 fully saturated rings. The van der Waals surface area contributed by atoms with E-state index in [9.17, 15) is 14.5 Å². The van der Waals surface area contributed by atoms with Crippen LogP contribution in [0.3, 0.4) is 0 Å². The molecule has 1 heterocycles. The van der Waals surface area contributed by atoms with E-state index >= 15 is 0 Å². The number of nitrogens with zero attached hydrogens (tertiary/aromatic N) is 1. The van der Waals surface area contributed by atoms with E-state index in [-0.39, 0.29) is 22.7 Å². The van der Waals surface area contributed by atoms with Crippen LogP contribution in [0.15, 0.2) is 12.1 Å². The van der Waals surface area contributed by atoms with Crippen molar-refractivity contribution in [1.29, 1.82) is 0 Å². The number of nitro benzene ring substituents is 1. The van der Waals surface area contributed by atoms with Gasteiger partial charge in [-0.3, -0.25) is 10.1 Å². The molecule has 104 valence electrons. The van der Waals surface area contributed by atoms with E-state index < -0.39 is 10.7 Å². The Kier molecular flexibility index (Phi) is 3.57. The zero-order chi connectivity index (χ0) is 14.0. The van der Waals surface area contributed by atoms with Crippen molar-refractivity contribution in [3.05, 3.63) is 28.1 Å². The standard InChI is InChI=1S/C12H16FN3O3/c1-12(3-4-14-7-12)15-9-6-11(19-2)10(16(17)18)5-8(9)13/h5-6,14-15H,3-4,7H2,1-2H3. The molecule has 1 saturated heterocycles. The highest BCUT2D eigenvalue weighted by Gasteiger charge is 2.30. The van der Waals surface area contributed by atoms with Gasteiger partial charge in [0.2, 0.25) is 0 Å². The third-order valence-corrected chi connectivity index (χ3v) is 3.27. The van der Waals surface area contributed by atoms with E-state index in [4.69, 9.17) is 4.74 Å². The van der Waals surface area contributed by atoms with Crippen molar-refractivity contribution in [2.75, 3.05) is 25.5 Å². The Morgan fingerprint density at radius 1 is 1.58 bits per heavy atom. The van der Waals surface area contributed by atoms with E-state index in [1.165, 1.54) is 13.2 Å². The van der Waals surface area contributed by atoms with Crippen LogP contribution in [-0.2, 0) is 0 Å². The largest absolute Gasteiger partial charge is 0.490 e. The number of nitro groups is 1. The second-order valence-electron chi connectivity index (χ2n) is 4.87. The first-order valence-corrected chi connectivity index (χ1v) is 5.96. The molecule has 0 saturated carbocycles. The lowest BCUT2D eigenvalue weighted by Crippen LogP contribution is -2.37. The SMILES string of the molecule is COc1cc(NC2(C)CCNC2)c(F)cc1[N+](=O)[O-]. The van der Waals surface area contributed by atoms with Gasteiger partial charge in [-0.15, -0.1) is 0 Å². The van der Waals surface area contributed by atoms with Crippen LogP contribution in [0.1, 0.15) is 13.3 Å². The summed E-state index contributed by atoms with van der Waals surface area (Å²) >= 11 is 0. The fourth-order valence-electron chi connectivity index (χ4n) is 2.19. The number of anilines is 1. The number of rotatable bonds is 4. The molecule has 19 heavy (non-hydrogen) atoms. The van der Waals surface area contributed by atoms with Gasteiger partial charge in [-0.1, -0.05) is 0 Å². The zero-order valence-corrected chi connectivity index (χ0v) is 10.8. The summed E-state index contributed by atoms with van der Waals surface area (Å²) in [5, 5.41) is 17.1. The molecule has 1 aliphatic rings. The molecule has 2 rings (SSSR count). The molecule has 0 spiro atoms. The molecule has 0 aromatic heterocycles. The van der Waals surface area contributed by atoms with Gasteiger partial charge in [-0.25, -0.2) is 4.39 Å². The summed E-state index contributed by atoms with van der Waals surface area (Å²) < 4.78 is 18.8. The van der Waals surface area contributed by atoms with E-state index in [2.05, 4.69) is 10.6 Å². The summed E-state index contributed by atoms with van der Waals surface area (Å²) in [5.41, 5.74) is -0.420. The first kappa shape index (κ1) is 13.5. The Hall–Kier alpha value is -1.89. The van der Waals surface area contributed by atoms with Gasteiger partial charge in [0.1, 0.15) is 0 Å². The Morgan fingerprint density at radius 2 is 2.32 bits per heavy atom. The maximum absolute atomic E-state index is 13.9. The molecule has 0 amide bonds. The average molecular weight is 269 g/mol. The lowest BCUT2D eigenvalue weighted by atomic mass is 10.0. The van der Waals surface area contributed by atoms with Gasteiger partial charge in [-0.2, -0.15) is 0 Å². The fourth-order valence-corrected chi connectivity index (χ4v) is 2.19. The number of methoxy groups -OCH3 is 1. The third-order valence-electron chi connectivity index (χ3n) is 3.27. The van der Waals surface area contributed by atoms with Crippen LogP contribution < -0.4 is 15.4 Å². The van der Waals surface area contributed by atoms with Crippen molar-refractivity contribution in [2.24, 2.45) is 0 Å².